The molecular formula is C34H34N6O6. The van der Waals surface area contributed by atoms with E-state index in [-0.39, 0.29) is 30.3 Å². The molecule has 2 amide bonds. The maximum absolute atomic E-state index is 14.1. The van der Waals surface area contributed by atoms with Crippen LogP contribution in [0.15, 0.2) is 85.1 Å². The summed E-state index contributed by atoms with van der Waals surface area (Å²) in [6, 6.07) is 19.3. The molecule has 6 rings (SSSR count). The summed E-state index contributed by atoms with van der Waals surface area (Å²) in [5.74, 6) is -1.33. The number of amides is 2. The summed E-state index contributed by atoms with van der Waals surface area (Å²) in [6.07, 6.45) is 7.33. The maximum atomic E-state index is 14.1. The third kappa shape index (κ3) is 5.68. The van der Waals surface area contributed by atoms with Crippen molar-refractivity contribution in [1.29, 1.82) is 0 Å². The van der Waals surface area contributed by atoms with Crippen molar-refractivity contribution in [1.82, 2.24) is 15.0 Å². The number of nitro benzene ring substituents is 1. The number of rotatable bonds is 11. The average molecular weight is 623 g/mol. The Morgan fingerprint density at radius 2 is 1.89 bits per heavy atom. The number of aliphatic hydroxyl groups excluding tert-OH is 1. The van der Waals surface area contributed by atoms with E-state index in [1.54, 1.807) is 28.8 Å². The molecule has 2 aliphatic rings. The van der Waals surface area contributed by atoms with Gasteiger partial charge in [-0.15, -0.1) is 5.10 Å². The van der Waals surface area contributed by atoms with Gasteiger partial charge in [0.15, 0.2) is 5.60 Å². The summed E-state index contributed by atoms with van der Waals surface area (Å²) in [5.41, 5.74) is 2.29. The van der Waals surface area contributed by atoms with Crippen molar-refractivity contribution < 1.29 is 24.7 Å². The number of aliphatic hydroxyl groups is 2. The lowest BCUT2D eigenvalue weighted by Gasteiger charge is -2.30. The molecule has 12 heteroatoms. The highest BCUT2D eigenvalue weighted by molar-refractivity contribution is 6.07. The first-order valence-corrected chi connectivity index (χ1v) is 15.2. The molecule has 0 fully saturated rings. The summed E-state index contributed by atoms with van der Waals surface area (Å²) < 4.78 is 1.65. The summed E-state index contributed by atoms with van der Waals surface area (Å²) in [6.45, 7) is 2.28. The van der Waals surface area contributed by atoms with E-state index >= 15 is 0 Å². The largest absolute Gasteiger partial charge is 0.396 e. The van der Waals surface area contributed by atoms with E-state index in [1.807, 2.05) is 54.6 Å². The second-order valence-electron chi connectivity index (χ2n) is 11.6. The molecule has 4 aromatic rings. The van der Waals surface area contributed by atoms with Crippen LogP contribution in [0.25, 0.3) is 0 Å². The van der Waals surface area contributed by atoms with Gasteiger partial charge in [0.2, 0.25) is 5.91 Å². The van der Waals surface area contributed by atoms with E-state index < -0.39 is 22.3 Å². The second kappa shape index (κ2) is 12.7. The number of fused-ring (bicyclic) bond motifs is 2. The maximum Gasteiger partial charge on any atom is 0.269 e. The monoisotopic (exact) mass is 622 g/mol. The Balaban J connectivity index is 1.26. The molecule has 236 valence electrons. The second-order valence-corrected chi connectivity index (χ2v) is 11.6. The number of benzene rings is 3. The number of para-hydroxylation sites is 1. The van der Waals surface area contributed by atoms with Crippen LogP contribution in [-0.4, -0.2) is 48.6 Å². The number of carbonyl (C=O) groups excluding carboxylic acids is 2. The Morgan fingerprint density at radius 3 is 2.70 bits per heavy atom. The molecule has 2 atom stereocenters. The van der Waals surface area contributed by atoms with Gasteiger partial charge in [-0.1, -0.05) is 54.6 Å². The molecule has 3 aromatic carbocycles. The lowest BCUT2D eigenvalue weighted by molar-refractivity contribution is -0.385. The van der Waals surface area contributed by atoms with Gasteiger partial charge < -0.3 is 15.1 Å². The fourth-order valence-corrected chi connectivity index (χ4v) is 6.22. The van der Waals surface area contributed by atoms with E-state index in [4.69, 9.17) is 5.11 Å². The summed E-state index contributed by atoms with van der Waals surface area (Å²) >= 11 is 0. The highest BCUT2D eigenvalue weighted by Gasteiger charge is 2.53. The van der Waals surface area contributed by atoms with E-state index in [2.05, 4.69) is 10.3 Å². The quantitative estimate of drug-likeness (QED) is 0.142. The highest BCUT2D eigenvalue weighted by Crippen LogP contribution is 2.47. The summed E-state index contributed by atoms with van der Waals surface area (Å²) in [4.78, 5) is 41.4. The van der Waals surface area contributed by atoms with E-state index in [9.17, 15) is 24.8 Å². The van der Waals surface area contributed by atoms with Gasteiger partial charge in [-0.3, -0.25) is 29.3 Å². The van der Waals surface area contributed by atoms with Crippen molar-refractivity contribution in [3.63, 3.8) is 0 Å². The van der Waals surface area contributed by atoms with Crippen molar-refractivity contribution in [3.8, 4) is 0 Å². The minimum absolute atomic E-state index is 0.0164. The number of allylic oxidation sites excluding steroid dienone is 1. The number of hydrogen-bond donors (Lipinski definition) is 2. The standard InChI is InChI=1S/C34H34N6O6/c1-23(7-4-5-17-37-22-26(16-18-41)35-36-37)34(44)29-20-28(40(45)46)13-14-31(29)38(33(34)43)21-24-8-6-10-27(19-24)39-30-11-3-2-9-25(30)12-15-32(39)42/h2-4,6-11,13-14,19-20,22-23,41,44H,5,12,15-18,21H2,1H3/b7-4+/t23-,34+/m0/s1. The molecule has 0 aliphatic carbocycles. The molecule has 12 nitrogen and oxygen atoms in total. The topological polar surface area (TPSA) is 155 Å². The Kier molecular flexibility index (Phi) is 8.48. The van der Waals surface area contributed by atoms with Crippen molar-refractivity contribution in [2.75, 3.05) is 16.4 Å². The van der Waals surface area contributed by atoms with Crippen LogP contribution in [0.5, 0.6) is 0 Å². The van der Waals surface area contributed by atoms with Gasteiger partial charge in [-0.05, 0) is 48.2 Å². The number of anilines is 3. The zero-order valence-electron chi connectivity index (χ0n) is 25.3. The Labute approximate surface area is 265 Å². The lowest BCUT2D eigenvalue weighted by Crippen LogP contribution is -2.44. The lowest BCUT2D eigenvalue weighted by atomic mass is 9.82. The number of aryl methyl sites for hydroxylation is 2. The van der Waals surface area contributed by atoms with Crippen LogP contribution in [0.3, 0.4) is 0 Å². The molecule has 0 saturated carbocycles. The predicted molar refractivity (Wildman–Crippen MR) is 170 cm³/mol. The third-order valence-electron chi connectivity index (χ3n) is 8.63. The van der Waals surface area contributed by atoms with Gasteiger partial charge in [-0.2, -0.15) is 0 Å². The first kappa shape index (κ1) is 30.8. The number of aromatic nitrogens is 3. The SMILES string of the molecule is C[C@@H](/C=C/CCn1cc(CCO)nn1)[C@]1(O)C(=O)N(Cc2cccc(N3C(=O)CCc4ccccc43)c2)c2ccc([N+](=O)[O-])cc21. The average Bonchev–Trinajstić information content (AvgIpc) is 3.59. The van der Waals surface area contributed by atoms with Crippen LogP contribution in [0.1, 0.15) is 42.1 Å². The number of carbonyl (C=O) groups is 2. The number of nitro groups is 1. The number of nitrogens with zero attached hydrogens (tertiary/aromatic N) is 6. The molecule has 3 heterocycles. The third-order valence-corrected chi connectivity index (χ3v) is 8.63. The predicted octanol–water partition coefficient (Wildman–Crippen LogP) is 4.35. The van der Waals surface area contributed by atoms with Crippen LogP contribution in [0, 0.1) is 16.0 Å². The van der Waals surface area contributed by atoms with Crippen LogP contribution in [0.2, 0.25) is 0 Å². The summed E-state index contributed by atoms with van der Waals surface area (Å²) in [5, 5.41) is 40.9. The zero-order chi connectivity index (χ0) is 32.4. The fraction of sp³-hybridized carbons (Fsp3) is 0.294. The molecule has 46 heavy (non-hydrogen) atoms. The molecule has 0 spiro atoms. The highest BCUT2D eigenvalue weighted by atomic mass is 16.6. The smallest absolute Gasteiger partial charge is 0.269 e. The van der Waals surface area contributed by atoms with Crippen molar-refractivity contribution in [2.45, 2.75) is 51.3 Å². The number of hydrogen-bond acceptors (Lipinski definition) is 8. The van der Waals surface area contributed by atoms with Gasteiger partial charge in [0.05, 0.1) is 28.5 Å². The minimum Gasteiger partial charge on any atom is -0.396 e. The molecule has 0 bridgehead atoms. The molecular weight excluding hydrogens is 588 g/mol. The first-order chi connectivity index (χ1) is 22.2. The van der Waals surface area contributed by atoms with Crippen molar-refractivity contribution >= 4 is 34.6 Å². The molecule has 0 saturated heterocycles. The van der Waals surface area contributed by atoms with Gasteiger partial charge in [-0.25, -0.2) is 0 Å². The van der Waals surface area contributed by atoms with Gasteiger partial charge in [0.25, 0.3) is 11.6 Å². The molecule has 1 aromatic heterocycles. The molecule has 0 unspecified atom stereocenters. The Hall–Kier alpha value is -5.20. The van der Waals surface area contributed by atoms with Crippen LogP contribution in [0.4, 0.5) is 22.7 Å². The normalized spacial score (nSPS) is 18.2. The Morgan fingerprint density at radius 1 is 1.07 bits per heavy atom. The zero-order valence-corrected chi connectivity index (χ0v) is 25.3. The van der Waals surface area contributed by atoms with Crippen molar-refractivity contribution in [3.05, 3.63) is 118 Å². The minimum atomic E-state index is -2.04. The van der Waals surface area contributed by atoms with E-state index in [0.29, 0.717) is 49.3 Å². The van der Waals surface area contributed by atoms with E-state index in [0.717, 1.165) is 16.8 Å². The Bertz CT molecular complexity index is 1840. The molecule has 2 aliphatic heterocycles. The fourth-order valence-electron chi connectivity index (χ4n) is 6.22. The molecule has 0 radical (unpaired) electrons. The molecule has 2 N–H and O–H groups in total. The van der Waals surface area contributed by atoms with Crippen molar-refractivity contribution in [2.24, 2.45) is 5.92 Å². The van der Waals surface area contributed by atoms with Crippen LogP contribution in [-0.2, 0) is 41.1 Å². The van der Waals surface area contributed by atoms with Gasteiger partial charge in [0.1, 0.15) is 0 Å². The first-order valence-electron chi connectivity index (χ1n) is 15.2. The number of non-ortho nitro benzene ring substituents is 1. The van der Waals surface area contributed by atoms with E-state index in [1.165, 1.54) is 23.1 Å². The van der Waals surface area contributed by atoms with Gasteiger partial charge in [0, 0.05) is 61.5 Å². The summed E-state index contributed by atoms with van der Waals surface area (Å²) in [7, 11) is 0. The van der Waals surface area contributed by atoms with Crippen LogP contribution >= 0.6 is 0 Å². The van der Waals surface area contributed by atoms with Gasteiger partial charge >= 0.3 is 0 Å². The van der Waals surface area contributed by atoms with Crippen LogP contribution < -0.4 is 9.80 Å².